The van der Waals surface area contributed by atoms with Crippen LogP contribution in [-0.2, 0) is 9.47 Å². The van der Waals surface area contributed by atoms with Crippen LogP contribution in [0.5, 0.6) is 0 Å². The van der Waals surface area contributed by atoms with E-state index in [0.717, 1.165) is 0 Å². The van der Waals surface area contributed by atoms with Gasteiger partial charge < -0.3 is 14.6 Å². The fourth-order valence-corrected chi connectivity index (χ4v) is 1.17. The van der Waals surface area contributed by atoms with Crippen molar-refractivity contribution in [3.8, 4) is 0 Å². The van der Waals surface area contributed by atoms with Gasteiger partial charge in [-0.25, -0.2) is 0 Å². The molecule has 0 saturated carbocycles. The molecule has 3 nitrogen and oxygen atoms in total. The Morgan fingerprint density at radius 1 is 1.47 bits per heavy atom. The lowest BCUT2D eigenvalue weighted by molar-refractivity contribution is -0.137. The lowest BCUT2D eigenvalue weighted by atomic mass is 10.1. The Hall–Kier alpha value is -0.330. The maximum Gasteiger partial charge on any atom is 0.389 e. The summed E-state index contributed by atoms with van der Waals surface area (Å²) in [6, 6.07) is 0. The van der Waals surface area contributed by atoms with Crippen molar-refractivity contribution in [2.24, 2.45) is 0 Å². The van der Waals surface area contributed by atoms with Gasteiger partial charge in [0.2, 0.25) is 0 Å². The molecule has 1 heterocycles. The van der Waals surface area contributed by atoms with Crippen LogP contribution < -0.4 is 0 Å². The number of aliphatic hydroxyl groups is 1. The van der Waals surface area contributed by atoms with Crippen LogP contribution in [0.1, 0.15) is 19.3 Å². The van der Waals surface area contributed by atoms with Gasteiger partial charge in [0.05, 0.1) is 25.9 Å². The van der Waals surface area contributed by atoms with Crippen molar-refractivity contribution in [1.29, 1.82) is 0 Å². The van der Waals surface area contributed by atoms with Crippen molar-refractivity contribution >= 4 is 0 Å². The molecular formula is C9H15F3O3. The molecule has 1 aliphatic rings. The number of hydrogen-bond acceptors (Lipinski definition) is 3. The highest BCUT2D eigenvalue weighted by molar-refractivity contribution is 4.69. The molecule has 1 rings (SSSR count). The quantitative estimate of drug-likeness (QED) is 0.671. The van der Waals surface area contributed by atoms with Gasteiger partial charge >= 0.3 is 6.18 Å². The summed E-state index contributed by atoms with van der Waals surface area (Å²) in [5, 5.41) is 8.84. The summed E-state index contributed by atoms with van der Waals surface area (Å²) in [6.07, 6.45) is -5.17. The minimum atomic E-state index is -4.13. The minimum absolute atomic E-state index is 0.0136. The molecule has 0 spiro atoms. The molecule has 1 fully saturated rings. The van der Waals surface area contributed by atoms with Crippen molar-refractivity contribution in [1.82, 2.24) is 0 Å². The normalized spacial score (nSPS) is 22.8. The van der Waals surface area contributed by atoms with E-state index in [2.05, 4.69) is 0 Å². The smallest absolute Gasteiger partial charge is 0.389 e. The van der Waals surface area contributed by atoms with Crippen LogP contribution in [0.3, 0.4) is 0 Å². The maximum absolute atomic E-state index is 11.8. The van der Waals surface area contributed by atoms with Crippen LogP contribution in [0.2, 0.25) is 0 Å². The fraction of sp³-hybridized carbons (Fsp3) is 1.00. The fourth-order valence-electron chi connectivity index (χ4n) is 1.17. The third-order valence-electron chi connectivity index (χ3n) is 2.11. The van der Waals surface area contributed by atoms with Gasteiger partial charge in [0, 0.05) is 6.42 Å². The number of rotatable bonds is 7. The van der Waals surface area contributed by atoms with E-state index in [1.54, 1.807) is 0 Å². The average Bonchev–Trinajstić information content (AvgIpc) is 2.92. The molecule has 0 aliphatic carbocycles. The summed E-state index contributed by atoms with van der Waals surface area (Å²) in [4.78, 5) is 0. The molecule has 1 aliphatic heterocycles. The van der Waals surface area contributed by atoms with Gasteiger partial charge in [0.15, 0.2) is 0 Å². The highest BCUT2D eigenvalue weighted by atomic mass is 19.4. The largest absolute Gasteiger partial charge is 0.394 e. The Kier molecular flexibility index (Phi) is 4.82. The third kappa shape index (κ3) is 6.70. The van der Waals surface area contributed by atoms with E-state index < -0.39 is 18.7 Å². The van der Waals surface area contributed by atoms with Crippen LogP contribution in [-0.4, -0.2) is 43.3 Å². The molecule has 15 heavy (non-hydrogen) atoms. The van der Waals surface area contributed by atoms with E-state index in [1.807, 2.05) is 0 Å². The molecule has 1 saturated heterocycles. The van der Waals surface area contributed by atoms with Gasteiger partial charge in [-0.15, -0.1) is 0 Å². The van der Waals surface area contributed by atoms with Gasteiger partial charge in [-0.3, -0.25) is 0 Å². The van der Waals surface area contributed by atoms with E-state index in [0.29, 0.717) is 13.2 Å². The van der Waals surface area contributed by atoms with Gasteiger partial charge in [0.1, 0.15) is 6.10 Å². The maximum atomic E-state index is 11.8. The van der Waals surface area contributed by atoms with E-state index in [1.165, 1.54) is 0 Å². The number of hydrogen-bond donors (Lipinski definition) is 1. The second-order valence-corrected chi connectivity index (χ2v) is 3.60. The number of epoxide rings is 1. The minimum Gasteiger partial charge on any atom is -0.394 e. The predicted octanol–water partition coefficient (Wildman–Crippen LogP) is 1.50. The van der Waals surface area contributed by atoms with Crippen molar-refractivity contribution in [3.63, 3.8) is 0 Å². The van der Waals surface area contributed by atoms with Crippen molar-refractivity contribution in [3.05, 3.63) is 0 Å². The van der Waals surface area contributed by atoms with Gasteiger partial charge in [-0.05, 0) is 12.8 Å². The highest BCUT2D eigenvalue weighted by Crippen LogP contribution is 2.23. The first-order valence-corrected chi connectivity index (χ1v) is 4.92. The van der Waals surface area contributed by atoms with Crippen LogP contribution >= 0.6 is 0 Å². The first kappa shape index (κ1) is 12.7. The van der Waals surface area contributed by atoms with Gasteiger partial charge in [0.25, 0.3) is 0 Å². The second kappa shape index (κ2) is 5.67. The Labute approximate surface area is 86.2 Å². The molecule has 90 valence electrons. The molecule has 1 N–H and O–H groups in total. The van der Waals surface area contributed by atoms with E-state index in [9.17, 15) is 13.2 Å². The Bertz CT molecular complexity index is 180. The summed E-state index contributed by atoms with van der Waals surface area (Å²) in [7, 11) is 0. The standard InChI is InChI=1S/C9H15F3O3/c10-9(11,12)3-1-2-7(4-13)14-5-8-6-15-8/h7-8,13H,1-6H2. The molecule has 0 amide bonds. The molecule has 0 aromatic carbocycles. The molecule has 2 atom stereocenters. The van der Waals surface area contributed by atoms with Gasteiger partial charge in [-0.2, -0.15) is 13.2 Å². The summed E-state index contributed by atoms with van der Waals surface area (Å²) in [6.45, 7) is 0.753. The van der Waals surface area contributed by atoms with Crippen LogP contribution in [0.15, 0.2) is 0 Å². The third-order valence-corrected chi connectivity index (χ3v) is 2.11. The molecular weight excluding hydrogens is 213 g/mol. The number of alkyl halides is 3. The van der Waals surface area contributed by atoms with E-state index in [-0.39, 0.29) is 25.6 Å². The van der Waals surface area contributed by atoms with Gasteiger partial charge in [-0.1, -0.05) is 0 Å². The number of halogens is 3. The van der Waals surface area contributed by atoms with E-state index >= 15 is 0 Å². The summed E-state index contributed by atoms with van der Waals surface area (Å²) < 4.78 is 45.5. The summed E-state index contributed by atoms with van der Waals surface area (Å²) in [5.41, 5.74) is 0. The first-order chi connectivity index (χ1) is 7.01. The molecule has 0 bridgehead atoms. The molecule has 6 heteroatoms. The molecule has 0 aromatic rings. The Morgan fingerprint density at radius 2 is 2.13 bits per heavy atom. The zero-order chi connectivity index (χ0) is 11.3. The summed E-state index contributed by atoms with van der Waals surface area (Å²) >= 11 is 0. The van der Waals surface area contributed by atoms with Crippen molar-refractivity contribution in [2.45, 2.75) is 37.6 Å². The number of ether oxygens (including phenoxy) is 2. The summed E-state index contributed by atoms with van der Waals surface area (Å²) in [5.74, 6) is 0. The Morgan fingerprint density at radius 3 is 2.60 bits per heavy atom. The molecule has 2 unspecified atom stereocenters. The molecule has 0 aromatic heterocycles. The lowest BCUT2D eigenvalue weighted by Crippen LogP contribution is -2.21. The molecule has 0 radical (unpaired) electrons. The van der Waals surface area contributed by atoms with Crippen LogP contribution in [0, 0.1) is 0 Å². The predicted molar refractivity (Wildman–Crippen MR) is 46.5 cm³/mol. The first-order valence-electron chi connectivity index (χ1n) is 4.92. The topological polar surface area (TPSA) is 42.0 Å². The highest BCUT2D eigenvalue weighted by Gasteiger charge is 2.27. The number of aliphatic hydroxyl groups excluding tert-OH is 1. The van der Waals surface area contributed by atoms with Crippen molar-refractivity contribution in [2.75, 3.05) is 19.8 Å². The van der Waals surface area contributed by atoms with Crippen molar-refractivity contribution < 1.29 is 27.8 Å². The second-order valence-electron chi connectivity index (χ2n) is 3.60. The lowest BCUT2D eigenvalue weighted by Gasteiger charge is -2.15. The Balaban J connectivity index is 2.04. The monoisotopic (exact) mass is 228 g/mol. The SMILES string of the molecule is OCC(CCCC(F)(F)F)OCC1CO1. The average molecular weight is 228 g/mol. The zero-order valence-electron chi connectivity index (χ0n) is 8.29. The zero-order valence-corrected chi connectivity index (χ0v) is 8.29. The van der Waals surface area contributed by atoms with Crippen LogP contribution in [0.25, 0.3) is 0 Å². The van der Waals surface area contributed by atoms with E-state index in [4.69, 9.17) is 14.6 Å². The van der Waals surface area contributed by atoms with Crippen LogP contribution in [0.4, 0.5) is 13.2 Å².